The number of nitrogens with two attached hydrogens (primary N) is 1. The molecule has 0 unspecified atom stereocenters. The molecule has 0 radical (unpaired) electrons. The van der Waals surface area contributed by atoms with Crippen molar-refractivity contribution in [3.63, 3.8) is 0 Å². The van der Waals surface area contributed by atoms with Gasteiger partial charge in [0.2, 0.25) is 11.8 Å². The zero-order valence-corrected chi connectivity index (χ0v) is 10.6. The number of rotatable bonds is 4. The number of hydrogen-bond donors (Lipinski definition) is 2. The molecule has 0 saturated carbocycles. The van der Waals surface area contributed by atoms with E-state index in [4.69, 9.17) is 10.5 Å². The molecule has 2 aliphatic heterocycles. The fourth-order valence-electron chi connectivity index (χ4n) is 2.43. The fraction of sp³-hybridized carbons (Fsp3) is 0.833. The summed E-state index contributed by atoms with van der Waals surface area (Å²) in [5, 5.41) is 2.65. The quantitative estimate of drug-likeness (QED) is 0.691. The number of nitrogens with one attached hydrogen (secondary N) is 1. The lowest BCUT2D eigenvalue weighted by Gasteiger charge is -2.17. The predicted octanol–water partition coefficient (Wildman–Crippen LogP) is -0.769. The van der Waals surface area contributed by atoms with Crippen molar-refractivity contribution in [2.24, 2.45) is 5.73 Å². The van der Waals surface area contributed by atoms with Gasteiger partial charge in [0.05, 0.1) is 12.6 Å². The molecule has 102 valence electrons. The Kier molecular flexibility index (Phi) is 4.54. The highest BCUT2D eigenvalue weighted by molar-refractivity contribution is 5.87. The molecule has 2 rings (SSSR count). The monoisotopic (exact) mass is 255 g/mol. The predicted molar refractivity (Wildman–Crippen MR) is 65.8 cm³/mol. The maximum atomic E-state index is 11.8. The maximum absolute atomic E-state index is 11.8. The second-order valence-electron chi connectivity index (χ2n) is 4.87. The molecule has 2 heterocycles. The van der Waals surface area contributed by atoms with Crippen LogP contribution in [-0.4, -0.2) is 55.1 Å². The lowest BCUT2D eigenvalue weighted by atomic mass is 10.2. The molecule has 0 aromatic heterocycles. The van der Waals surface area contributed by atoms with Gasteiger partial charge in [-0.2, -0.15) is 0 Å². The Bertz CT molecular complexity index is 316. The summed E-state index contributed by atoms with van der Waals surface area (Å²) in [5.41, 5.74) is 5.48. The highest BCUT2D eigenvalue weighted by atomic mass is 16.5. The molecular weight excluding hydrogens is 234 g/mol. The molecule has 2 aliphatic rings. The average Bonchev–Trinajstić information content (AvgIpc) is 3.05. The van der Waals surface area contributed by atoms with E-state index in [1.807, 2.05) is 0 Å². The van der Waals surface area contributed by atoms with Crippen LogP contribution in [0.4, 0.5) is 0 Å². The third kappa shape index (κ3) is 3.20. The van der Waals surface area contributed by atoms with Gasteiger partial charge >= 0.3 is 0 Å². The van der Waals surface area contributed by atoms with Crippen LogP contribution in [0.1, 0.15) is 25.7 Å². The molecule has 2 fully saturated rings. The van der Waals surface area contributed by atoms with E-state index in [0.717, 1.165) is 32.4 Å². The van der Waals surface area contributed by atoms with E-state index >= 15 is 0 Å². The summed E-state index contributed by atoms with van der Waals surface area (Å²) in [6.07, 6.45) is 3.16. The SMILES string of the molecule is NC[C@H]1CC[C@@H](C(=O)NCC(=O)N2CCCC2)O1. The van der Waals surface area contributed by atoms with Crippen LogP contribution in [0.3, 0.4) is 0 Å². The third-order valence-corrected chi connectivity index (χ3v) is 3.54. The molecule has 0 aromatic rings. The van der Waals surface area contributed by atoms with Crippen LogP contribution in [0.15, 0.2) is 0 Å². The summed E-state index contributed by atoms with van der Waals surface area (Å²) in [6.45, 7) is 2.14. The molecule has 18 heavy (non-hydrogen) atoms. The van der Waals surface area contributed by atoms with Crippen molar-refractivity contribution >= 4 is 11.8 Å². The lowest BCUT2D eigenvalue weighted by Crippen LogP contribution is -2.42. The van der Waals surface area contributed by atoms with E-state index in [9.17, 15) is 9.59 Å². The summed E-state index contributed by atoms with van der Waals surface area (Å²) in [4.78, 5) is 25.3. The maximum Gasteiger partial charge on any atom is 0.249 e. The van der Waals surface area contributed by atoms with E-state index in [0.29, 0.717) is 13.0 Å². The second kappa shape index (κ2) is 6.15. The van der Waals surface area contributed by atoms with E-state index < -0.39 is 6.10 Å². The average molecular weight is 255 g/mol. The Morgan fingerprint density at radius 3 is 2.61 bits per heavy atom. The minimum absolute atomic E-state index is 0.00535. The Morgan fingerprint density at radius 1 is 1.28 bits per heavy atom. The van der Waals surface area contributed by atoms with Gasteiger partial charge in [0, 0.05) is 19.6 Å². The number of likely N-dealkylation sites (tertiary alicyclic amines) is 1. The van der Waals surface area contributed by atoms with Gasteiger partial charge in [0.1, 0.15) is 6.10 Å². The first-order valence-electron chi connectivity index (χ1n) is 6.61. The molecule has 0 bridgehead atoms. The second-order valence-corrected chi connectivity index (χ2v) is 4.87. The van der Waals surface area contributed by atoms with Gasteiger partial charge in [-0.3, -0.25) is 9.59 Å². The van der Waals surface area contributed by atoms with E-state index in [1.165, 1.54) is 0 Å². The molecule has 2 amide bonds. The Morgan fingerprint density at radius 2 is 2.00 bits per heavy atom. The first kappa shape index (κ1) is 13.3. The van der Waals surface area contributed by atoms with Gasteiger partial charge in [-0.15, -0.1) is 0 Å². The molecule has 6 heteroatoms. The van der Waals surface area contributed by atoms with Gasteiger partial charge in [0.25, 0.3) is 0 Å². The number of carbonyl (C=O) groups is 2. The Labute approximate surface area is 107 Å². The van der Waals surface area contributed by atoms with E-state index in [2.05, 4.69) is 5.32 Å². The molecule has 6 nitrogen and oxygen atoms in total. The summed E-state index contributed by atoms with van der Waals surface area (Å²) in [6, 6.07) is 0. The molecule has 3 N–H and O–H groups in total. The molecule has 0 aliphatic carbocycles. The lowest BCUT2D eigenvalue weighted by molar-refractivity contribution is -0.136. The molecule has 0 aromatic carbocycles. The number of hydrogen-bond acceptors (Lipinski definition) is 4. The largest absolute Gasteiger partial charge is 0.364 e. The van der Waals surface area contributed by atoms with Crippen molar-refractivity contribution < 1.29 is 14.3 Å². The van der Waals surface area contributed by atoms with Crippen LogP contribution in [0.25, 0.3) is 0 Å². The summed E-state index contributed by atoms with van der Waals surface area (Å²) >= 11 is 0. The number of nitrogens with zero attached hydrogens (tertiary/aromatic N) is 1. The summed E-state index contributed by atoms with van der Waals surface area (Å²) in [5.74, 6) is -0.201. The fourth-order valence-corrected chi connectivity index (χ4v) is 2.43. The number of amides is 2. The summed E-state index contributed by atoms with van der Waals surface area (Å²) < 4.78 is 5.47. The minimum atomic E-state index is -0.440. The van der Waals surface area contributed by atoms with Crippen molar-refractivity contribution in [1.82, 2.24) is 10.2 Å². The van der Waals surface area contributed by atoms with Crippen molar-refractivity contribution in [3.8, 4) is 0 Å². The van der Waals surface area contributed by atoms with Gasteiger partial charge in [-0.05, 0) is 25.7 Å². The smallest absolute Gasteiger partial charge is 0.249 e. The zero-order chi connectivity index (χ0) is 13.0. The molecular formula is C12H21N3O3. The van der Waals surface area contributed by atoms with Crippen LogP contribution in [-0.2, 0) is 14.3 Å². The first-order valence-corrected chi connectivity index (χ1v) is 6.61. The van der Waals surface area contributed by atoms with Gasteiger partial charge in [0.15, 0.2) is 0 Å². The van der Waals surface area contributed by atoms with Crippen LogP contribution < -0.4 is 11.1 Å². The third-order valence-electron chi connectivity index (χ3n) is 3.54. The zero-order valence-electron chi connectivity index (χ0n) is 10.6. The van der Waals surface area contributed by atoms with Gasteiger partial charge < -0.3 is 20.7 Å². The van der Waals surface area contributed by atoms with Crippen LogP contribution in [0, 0.1) is 0 Å². The van der Waals surface area contributed by atoms with Crippen LogP contribution >= 0.6 is 0 Å². The van der Waals surface area contributed by atoms with Gasteiger partial charge in [-0.1, -0.05) is 0 Å². The van der Waals surface area contributed by atoms with Gasteiger partial charge in [-0.25, -0.2) is 0 Å². The molecule has 2 saturated heterocycles. The number of ether oxygens (including phenoxy) is 1. The Balaban J connectivity index is 1.70. The number of carbonyl (C=O) groups excluding carboxylic acids is 2. The van der Waals surface area contributed by atoms with Crippen molar-refractivity contribution in [1.29, 1.82) is 0 Å². The van der Waals surface area contributed by atoms with Crippen LogP contribution in [0.2, 0.25) is 0 Å². The summed E-state index contributed by atoms with van der Waals surface area (Å²) in [7, 11) is 0. The Hall–Kier alpha value is -1.14. The first-order chi connectivity index (χ1) is 8.70. The van der Waals surface area contributed by atoms with Crippen molar-refractivity contribution in [3.05, 3.63) is 0 Å². The van der Waals surface area contributed by atoms with Crippen molar-refractivity contribution in [2.45, 2.75) is 37.9 Å². The van der Waals surface area contributed by atoms with E-state index in [-0.39, 0.29) is 24.5 Å². The topological polar surface area (TPSA) is 84.7 Å². The highest BCUT2D eigenvalue weighted by Gasteiger charge is 2.30. The van der Waals surface area contributed by atoms with E-state index in [1.54, 1.807) is 4.90 Å². The molecule has 2 atom stereocenters. The van der Waals surface area contributed by atoms with Crippen molar-refractivity contribution in [2.75, 3.05) is 26.2 Å². The minimum Gasteiger partial charge on any atom is -0.364 e. The van der Waals surface area contributed by atoms with Crippen LogP contribution in [0.5, 0.6) is 0 Å². The highest BCUT2D eigenvalue weighted by Crippen LogP contribution is 2.18. The standard InChI is InChI=1S/C12H21N3O3/c13-7-9-3-4-10(18-9)12(17)14-8-11(16)15-5-1-2-6-15/h9-10H,1-8,13H2,(H,14,17)/t9-,10+/m1/s1. The normalized spacial score (nSPS) is 27.5. The molecule has 0 spiro atoms.